The number of alkyl halides is 3. The number of anilines is 1. The predicted molar refractivity (Wildman–Crippen MR) is 72.7 cm³/mol. The van der Waals surface area contributed by atoms with Crippen molar-refractivity contribution in [2.45, 2.75) is 39.9 Å². The van der Waals surface area contributed by atoms with Crippen LogP contribution < -0.4 is 10.2 Å². The van der Waals surface area contributed by atoms with Crippen molar-refractivity contribution in [1.82, 2.24) is 15.3 Å². The lowest BCUT2D eigenvalue weighted by Gasteiger charge is -2.23. The molecule has 0 amide bonds. The van der Waals surface area contributed by atoms with Gasteiger partial charge in [-0.25, -0.2) is 9.97 Å². The summed E-state index contributed by atoms with van der Waals surface area (Å²) in [5.74, 6) is 0.141. The fraction of sp³-hybridized carbons (Fsp3) is 0.692. The number of hydrogen-bond acceptors (Lipinski definition) is 4. The van der Waals surface area contributed by atoms with Crippen LogP contribution in [0.15, 0.2) is 6.20 Å². The van der Waals surface area contributed by atoms with Gasteiger partial charge in [0.05, 0.1) is 0 Å². The van der Waals surface area contributed by atoms with E-state index in [1.807, 2.05) is 13.8 Å². The molecule has 0 aliphatic heterocycles. The van der Waals surface area contributed by atoms with Crippen molar-refractivity contribution in [2.24, 2.45) is 0 Å². The molecule has 1 rings (SSSR count). The molecule has 114 valence electrons. The second-order valence-corrected chi connectivity index (χ2v) is 4.60. The van der Waals surface area contributed by atoms with Crippen LogP contribution >= 0.6 is 0 Å². The maximum Gasteiger partial charge on any atom is 0.406 e. The zero-order valence-corrected chi connectivity index (χ0v) is 12.1. The van der Waals surface area contributed by atoms with Gasteiger partial charge >= 0.3 is 6.18 Å². The van der Waals surface area contributed by atoms with E-state index in [1.54, 1.807) is 13.1 Å². The van der Waals surface area contributed by atoms with Crippen molar-refractivity contribution in [3.63, 3.8) is 0 Å². The average molecular weight is 290 g/mol. The van der Waals surface area contributed by atoms with Crippen molar-refractivity contribution >= 4 is 5.95 Å². The second kappa shape index (κ2) is 7.42. The van der Waals surface area contributed by atoms with Crippen molar-refractivity contribution < 1.29 is 13.2 Å². The van der Waals surface area contributed by atoms with Gasteiger partial charge < -0.3 is 10.2 Å². The number of aryl methyl sites for hydroxylation is 1. The first-order chi connectivity index (χ1) is 9.37. The third-order valence-electron chi connectivity index (χ3n) is 2.78. The van der Waals surface area contributed by atoms with Gasteiger partial charge in [0, 0.05) is 30.5 Å². The minimum Gasteiger partial charge on any atom is -0.332 e. The minimum absolute atomic E-state index is 0.141. The smallest absolute Gasteiger partial charge is 0.332 e. The van der Waals surface area contributed by atoms with Crippen LogP contribution in [-0.4, -0.2) is 35.8 Å². The number of nitrogens with one attached hydrogen (secondary N) is 1. The van der Waals surface area contributed by atoms with Crippen molar-refractivity contribution in [3.8, 4) is 0 Å². The molecule has 7 heteroatoms. The molecule has 1 aromatic heterocycles. The van der Waals surface area contributed by atoms with E-state index in [0.717, 1.165) is 12.1 Å². The summed E-state index contributed by atoms with van der Waals surface area (Å²) in [5.41, 5.74) is 1.61. The number of rotatable bonds is 7. The van der Waals surface area contributed by atoms with Gasteiger partial charge in [0.15, 0.2) is 0 Å². The van der Waals surface area contributed by atoms with Crippen molar-refractivity contribution in [2.75, 3.05) is 24.5 Å². The summed E-state index contributed by atoms with van der Waals surface area (Å²) in [6.07, 6.45) is -2.05. The highest BCUT2D eigenvalue weighted by molar-refractivity contribution is 5.33. The third-order valence-corrected chi connectivity index (χ3v) is 2.78. The van der Waals surface area contributed by atoms with Gasteiger partial charge in [-0.05, 0) is 19.9 Å². The van der Waals surface area contributed by atoms with Crippen LogP contribution in [0.1, 0.15) is 31.5 Å². The molecule has 0 aliphatic carbocycles. The number of nitrogens with zero attached hydrogens (tertiary/aromatic N) is 3. The van der Waals surface area contributed by atoms with E-state index >= 15 is 0 Å². The quantitative estimate of drug-likeness (QED) is 0.838. The molecule has 0 saturated carbocycles. The number of halogens is 3. The standard InChI is InChI=1S/C13H21F3N4/c1-4-6-20(9-13(14,15)16)12-18-8-11(7-17-5-2)10(3)19-12/h8,17H,4-7,9H2,1-3H3. The SMILES string of the molecule is CCCN(CC(F)(F)F)c1ncc(CNCC)c(C)n1. The highest BCUT2D eigenvalue weighted by atomic mass is 19.4. The lowest BCUT2D eigenvalue weighted by Crippen LogP contribution is -2.36. The Hall–Kier alpha value is -1.37. The summed E-state index contributed by atoms with van der Waals surface area (Å²) in [5, 5.41) is 3.14. The zero-order valence-electron chi connectivity index (χ0n) is 12.1. The zero-order chi connectivity index (χ0) is 15.2. The van der Waals surface area contributed by atoms with Crippen molar-refractivity contribution in [1.29, 1.82) is 0 Å². The molecule has 4 nitrogen and oxygen atoms in total. The molecule has 0 unspecified atom stereocenters. The molecule has 0 aromatic carbocycles. The molecular weight excluding hydrogens is 269 g/mol. The molecule has 1 heterocycles. The maximum atomic E-state index is 12.6. The Morgan fingerprint density at radius 1 is 1.30 bits per heavy atom. The molecule has 0 bridgehead atoms. The molecular formula is C13H21F3N4. The van der Waals surface area contributed by atoms with E-state index < -0.39 is 12.7 Å². The molecule has 0 saturated heterocycles. The average Bonchev–Trinajstić information content (AvgIpc) is 2.35. The van der Waals surface area contributed by atoms with Crippen LogP contribution in [0.2, 0.25) is 0 Å². The number of hydrogen-bond donors (Lipinski definition) is 1. The lowest BCUT2D eigenvalue weighted by molar-refractivity contribution is -0.119. The highest BCUT2D eigenvalue weighted by Gasteiger charge is 2.31. The summed E-state index contributed by atoms with van der Waals surface area (Å²) in [7, 11) is 0. The van der Waals surface area contributed by atoms with E-state index in [-0.39, 0.29) is 12.5 Å². The normalized spacial score (nSPS) is 11.7. The Bertz CT molecular complexity index is 421. The van der Waals surface area contributed by atoms with Gasteiger partial charge in [-0.1, -0.05) is 13.8 Å². The Balaban J connectivity index is 2.89. The Labute approximate surface area is 117 Å². The van der Waals surface area contributed by atoms with Crippen LogP contribution in [0.5, 0.6) is 0 Å². The first-order valence-electron chi connectivity index (χ1n) is 6.72. The van der Waals surface area contributed by atoms with E-state index in [0.29, 0.717) is 18.7 Å². The number of aromatic nitrogens is 2. The van der Waals surface area contributed by atoms with Gasteiger partial charge in [0.25, 0.3) is 0 Å². The topological polar surface area (TPSA) is 41.1 Å². The van der Waals surface area contributed by atoms with E-state index in [2.05, 4.69) is 15.3 Å². The highest BCUT2D eigenvalue weighted by Crippen LogP contribution is 2.20. The summed E-state index contributed by atoms with van der Waals surface area (Å²) < 4.78 is 37.7. The minimum atomic E-state index is -4.26. The predicted octanol–water partition coefficient (Wildman–Crippen LogP) is 2.67. The van der Waals surface area contributed by atoms with E-state index in [9.17, 15) is 13.2 Å². The van der Waals surface area contributed by atoms with E-state index in [1.165, 1.54) is 4.90 Å². The van der Waals surface area contributed by atoms with E-state index in [4.69, 9.17) is 0 Å². The Morgan fingerprint density at radius 3 is 2.50 bits per heavy atom. The monoisotopic (exact) mass is 290 g/mol. The molecule has 1 N–H and O–H groups in total. The molecule has 0 aliphatic rings. The van der Waals surface area contributed by atoms with Crippen molar-refractivity contribution in [3.05, 3.63) is 17.5 Å². The fourth-order valence-electron chi connectivity index (χ4n) is 1.80. The molecule has 1 aromatic rings. The van der Waals surface area contributed by atoms with Gasteiger partial charge in [0.1, 0.15) is 6.54 Å². The first kappa shape index (κ1) is 16.7. The second-order valence-electron chi connectivity index (χ2n) is 4.60. The largest absolute Gasteiger partial charge is 0.406 e. The fourth-order valence-corrected chi connectivity index (χ4v) is 1.80. The van der Waals surface area contributed by atoms with Crippen LogP contribution in [0, 0.1) is 6.92 Å². The molecule has 0 radical (unpaired) electrons. The Morgan fingerprint density at radius 2 is 2.00 bits per heavy atom. The Kier molecular flexibility index (Phi) is 6.19. The third kappa shape index (κ3) is 5.32. The van der Waals surface area contributed by atoms with Crippen LogP contribution in [0.25, 0.3) is 0 Å². The van der Waals surface area contributed by atoms with Crippen LogP contribution in [0.3, 0.4) is 0 Å². The summed E-state index contributed by atoms with van der Waals surface area (Å²) in [6.45, 7) is 6.30. The molecule has 0 fully saturated rings. The summed E-state index contributed by atoms with van der Waals surface area (Å²) >= 11 is 0. The summed E-state index contributed by atoms with van der Waals surface area (Å²) in [4.78, 5) is 9.44. The van der Waals surface area contributed by atoms with Gasteiger partial charge in [0.2, 0.25) is 5.95 Å². The first-order valence-corrected chi connectivity index (χ1v) is 6.72. The molecule has 0 spiro atoms. The molecule has 0 atom stereocenters. The van der Waals surface area contributed by atoms with Gasteiger partial charge in [-0.3, -0.25) is 0 Å². The van der Waals surface area contributed by atoms with Gasteiger partial charge in [-0.2, -0.15) is 13.2 Å². The van der Waals surface area contributed by atoms with Crippen LogP contribution in [-0.2, 0) is 6.54 Å². The maximum absolute atomic E-state index is 12.6. The van der Waals surface area contributed by atoms with Crippen LogP contribution in [0.4, 0.5) is 19.1 Å². The molecule has 20 heavy (non-hydrogen) atoms. The lowest BCUT2D eigenvalue weighted by atomic mass is 10.2. The van der Waals surface area contributed by atoms with Gasteiger partial charge in [-0.15, -0.1) is 0 Å². The summed E-state index contributed by atoms with van der Waals surface area (Å²) in [6, 6.07) is 0.